The highest BCUT2D eigenvalue weighted by Crippen LogP contribution is 2.08. The van der Waals surface area contributed by atoms with Crippen molar-refractivity contribution in [3.8, 4) is 6.07 Å². The van der Waals surface area contributed by atoms with E-state index in [9.17, 15) is 4.39 Å². The van der Waals surface area contributed by atoms with Crippen molar-refractivity contribution in [2.45, 2.75) is 13.5 Å². The summed E-state index contributed by atoms with van der Waals surface area (Å²) < 4.78 is 18.1. The van der Waals surface area contributed by atoms with Crippen molar-refractivity contribution in [2.75, 3.05) is 20.3 Å². The number of hydrogen-bond acceptors (Lipinski definition) is 3. The van der Waals surface area contributed by atoms with Crippen LogP contribution in [0, 0.1) is 23.1 Å². The molecule has 0 amide bonds. The van der Waals surface area contributed by atoms with Crippen LogP contribution in [-0.2, 0) is 11.3 Å². The SMILES string of the molecule is COCC(C)CNCc1cc(F)cc(C#N)c1. The smallest absolute Gasteiger partial charge is 0.124 e. The zero-order chi connectivity index (χ0) is 12.7. The predicted molar refractivity (Wildman–Crippen MR) is 63.9 cm³/mol. The fourth-order valence-corrected chi connectivity index (χ4v) is 1.62. The average molecular weight is 236 g/mol. The summed E-state index contributed by atoms with van der Waals surface area (Å²) in [6.07, 6.45) is 0. The second kappa shape index (κ2) is 7.00. The van der Waals surface area contributed by atoms with Gasteiger partial charge < -0.3 is 10.1 Å². The molecule has 1 N–H and O–H groups in total. The highest BCUT2D eigenvalue weighted by atomic mass is 19.1. The van der Waals surface area contributed by atoms with Gasteiger partial charge in [0.15, 0.2) is 0 Å². The second-order valence-electron chi connectivity index (χ2n) is 4.15. The van der Waals surface area contributed by atoms with E-state index < -0.39 is 0 Å². The molecule has 0 saturated carbocycles. The number of nitriles is 1. The molecule has 0 aliphatic carbocycles. The number of hydrogen-bond donors (Lipinski definition) is 1. The van der Waals surface area contributed by atoms with Gasteiger partial charge in [0.2, 0.25) is 0 Å². The highest BCUT2D eigenvalue weighted by Gasteiger charge is 2.03. The standard InChI is InChI=1S/C13H17FN2O/c1-10(9-17-2)7-16-8-12-3-11(6-15)4-13(14)5-12/h3-5,10,16H,7-9H2,1-2H3. The van der Waals surface area contributed by atoms with Crippen molar-refractivity contribution < 1.29 is 9.13 Å². The van der Waals surface area contributed by atoms with Gasteiger partial charge in [-0.25, -0.2) is 4.39 Å². The van der Waals surface area contributed by atoms with Crippen molar-refractivity contribution in [3.63, 3.8) is 0 Å². The van der Waals surface area contributed by atoms with Gasteiger partial charge in [0.05, 0.1) is 11.6 Å². The van der Waals surface area contributed by atoms with Crippen LogP contribution in [0.2, 0.25) is 0 Å². The van der Waals surface area contributed by atoms with E-state index in [1.165, 1.54) is 12.1 Å². The summed E-state index contributed by atoms with van der Waals surface area (Å²) in [6, 6.07) is 6.30. The van der Waals surface area contributed by atoms with Crippen molar-refractivity contribution in [1.29, 1.82) is 5.26 Å². The molecule has 17 heavy (non-hydrogen) atoms. The molecule has 0 aliphatic rings. The molecule has 0 radical (unpaired) electrons. The first kappa shape index (κ1) is 13.6. The maximum absolute atomic E-state index is 13.1. The highest BCUT2D eigenvalue weighted by molar-refractivity contribution is 5.33. The van der Waals surface area contributed by atoms with Gasteiger partial charge in [-0.15, -0.1) is 0 Å². The van der Waals surface area contributed by atoms with Crippen molar-refractivity contribution in [1.82, 2.24) is 5.32 Å². The molecule has 0 heterocycles. The van der Waals surface area contributed by atoms with Crippen LogP contribution in [0.25, 0.3) is 0 Å². The fourth-order valence-electron chi connectivity index (χ4n) is 1.62. The lowest BCUT2D eigenvalue weighted by atomic mass is 10.1. The Morgan fingerprint density at radius 3 is 2.88 bits per heavy atom. The molecule has 0 aromatic heterocycles. The molecule has 1 rings (SSSR count). The molecule has 92 valence electrons. The van der Waals surface area contributed by atoms with Gasteiger partial charge in [-0.05, 0) is 29.7 Å². The summed E-state index contributed by atoms with van der Waals surface area (Å²) in [5, 5.41) is 11.9. The van der Waals surface area contributed by atoms with Gasteiger partial charge in [0.1, 0.15) is 5.82 Å². The van der Waals surface area contributed by atoms with Crippen LogP contribution in [0.4, 0.5) is 4.39 Å². The van der Waals surface area contributed by atoms with Crippen molar-refractivity contribution >= 4 is 0 Å². The number of methoxy groups -OCH3 is 1. The summed E-state index contributed by atoms with van der Waals surface area (Å²) in [5.74, 6) is 0.0368. The van der Waals surface area contributed by atoms with Crippen LogP contribution in [0.3, 0.4) is 0 Å². The van der Waals surface area contributed by atoms with E-state index >= 15 is 0 Å². The van der Waals surface area contributed by atoms with E-state index in [4.69, 9.17) is 10.00 Å². The van der Waals surface area contributed by atoms with Gasteiger partial charge in [0.25, 0.3) is 0 Å². The normalized spacial score (nSPS) is 12.1. The number of halogens is 1. The molecule has 0 saturated heterocycles. The Kier molecular flexibility index (Phi) is 5.61. The van der Waals surface area contributed by atoms with Crippen LogP contribution in [0.5, 0.6) is 0 Å². The number of nitrogens with zero attached hydrogens (tertiary/aromatic N) is 1. The lowest BCUT2D eigenvalue weighted by Crippen LogP contribution is -2.23. The van der Waals surface area contributed by atoms with Crippen LogP contribution >= 0.6 is 0 Å². The van der Waals surface area contributed by atoms with Crippen LogP contribution in [0.15, 0.2) is 18.2 Å². The zero-order valence-corrected chi connectivity index (χ0v) is 10.2. The molecule has 1 atom stereocenters. The minimum Gasteiger partial charge on any atom is -0.384 e. The molecule has 0 spiro atoms. The molecule has 4 heteroatoms. The third-order valence-corrected chi connectivity index (χ3v) is 2.36. The lowest BCUT2D eigenvalue weighted by molar-refractivity contribution is 0.158. The van der Waals surface area contributed by atoms with E-state index in [2.05, 4.69) is 12.2 Å². The Morgan fingerprint density at radius 2 is 2.24 bits per heavy atom. The van der Waals surface area contributed by atoms with Crippen molar-refractivity contribution in [2.24, 2.45) is 5.92 Å². The Labute approximate surface area is 101 Å². The van der Waals surface area contributed by atoms with Crippen LogP contribution in [0.1, 0.15) is 18.1 Å². The van der Waals surface area contributed by atoms with Gasteiger partial charge in [-0.1, -0.05) is 6.92 Å². The molecular weight excluding hydrogens is 219 g/mol. The van der Waals surface area contributed by atoms with E-state index in [-0.39, 0.29) is 5.82 Å². The summed E-state index contributed by atoms with van der Waals surface area (Å²) in [7, 11) is 1.67. The maximum atomic E-state index is 13.1. The van der Waals surface area contributed by atoms with Crippen LogP contribution in [-0.4, -0.2) is 20.3 Å². The molecule has 3 nitrogen and oxygen atoms in total. The van der Waals surface area contributed by atoms with E-state index in [0.29, 0.717) is 24.6 Å². The number of benzene rings is 1. The summed E-state index contributed by atoms with van der Waals surface area (Å²) in [6.45, 7) is 4.12. The molecule has 0 bridgehead atoms. The van der Waals surface area contributed by atoms with E-state index in [1.54, 1.807) is 13.2 Å². The fraction of sp³-hybridized carbons (Fsp3) is 0.462. The second-order valence-corrected chi connectivity index (χ2v) is 4.15. The van der Waals surface area contributed by atoms with E-state index in [0.717, 1.165) is 12.1 Å². The molecule has 0 fully saturated rings. The van der Waals surface area contributed by atoms with Gasteiger partial charge in [0, 0.05) is 26.8 Å². The largest absolute Gasteiger partial charge is 0.384 e. The number of nitrogens with one attached hydrogen (secondary N) is 1. The number of ether oxygens (including phenoxy) is 1. The minimum absolute atomic E-state index is 0.353. The lowest BCUT2D eigenvalue weighted by Gasteiger charge is -2.11. The van der Waals surface area contributed by atoms with Gasteiger partial charge in [-0.3, -0.25) is 0 Å². The first-order valence-corrected chi connectivity index (χ1v) is 5.55. The monoisotopic (exact) mass is 236 g/mol. The minimum atomic E-state index is -0.370. The summed E-state index contributed by atoms with van der Waals surface area (Å²) in [5.41, 5.74) is 1.14. The Hall–Kier alpha value is -1.44. The maximum Gasteiger partial charge on any atom is 0.124 e. The average Bonchev–Trinajstić information content (AvgIpc) is 2.28. The van der Waals surface area contributed by atoms with E-state index in [1.807, 2.05) is 6.07 Å². The topological polar surface area (TPSA) is 45.0 Å². The third-order valence-electron chi connectivity index (χ3n) is 2.36. The number of rotatable bonds is 6. The Morgan fingerprint density at radius 1 is 1.47 bits per heavy atom. The third kappa shape index (κ3) is 4.94. The first-order chi connectivity index (χ1) is 8.15. The summed E-state index contributed by atoms with van der Waals surface area (Å²) >= 11 is 0. The quantitative estimate of drug-likeness (QED) is 0.822. The molecule has 1 unspecified atom stereocenters. The zero-order valence-electron chi connectivity index (χ0n) is 10.2. The molecule has 0 aliphatic heterocycles. The first-order valence-electron chi connectivity index (χ1n) is 5.55. The van der Waals surface area contributed by atoms with Gasteiger partial charge in [-0.2, -0.15) is 5.26 Å². The molecule has 1 aromatic rings. The summed E-state index contributed by atoms with van der Waals surface area (Å²) in [4.78, 5) is 0. The Bertz CT molecular complexity index is 401. The van der Waals surface area contributed by atoms with Crippen LogP contribution < -0.4 is 5.32 Å². The molecular formula is C13H17FN2O. The molecule has 1 aromatic carbocycles. The predicted octanol–water partition coefficient (Wildman–Crippen LogP) is 2.07. The Balaban J connectivity index is 2.47. The van der Waals surface area contributed by atoms with Crippen molar-refractivity contribution in [3.05, 3.63) is 35.1 Å². The van der Waals surface area contributed by atoms with Gasteiger partial charge >= 0.3 is 0 Å².